The zero-order chi connectivity index (χ0) is 14.6. The van der Waals surface area contributed by atoms with Crippen LogP contribution in [-0.2, 0) is 10.0 Å². The first-order valence-corrected chi connectivity index (χ1v) is 9.41. The first kappa shape index (κ1) is 15.6. The van der Waals surface area contributed by atoms with Gasteiger partial charge in [0.25, 0.3) is 0 Å². The lowest BCUT2D eigenvalue weighted by atomic mass is 10.3. The Bertz CT molecular complexity index is 542. The monoisotopic (exact) mass is 315 g/mol. The summed E-state index contributed by atoms with van der Waals surface area (Å²) >= 11 is 1.80. The van der Waals surface area contributed by atoms with Gasteiger partial charge in [0.05, 0.1) is 0 Å². The molecule has 0 aromatic carbocycles. The topological polar surface area (TPSA) is 62.3 Å². The third-order valence-electron chi connectivity index (χ3n) is 3.39. The third-order valence-corrected chi connectivity index (χ3v) is 6.48. The van der Waals surface area contributed by atoms with Crippen molar-refractivity contribution < 1.29 is 8.42 Å². The SMILES string of the molecule is CCCNc1ncccc1S(=O)(=O)N(C)C1CCSC1. The Morgan fingerprint density at radius 3 is 3.00 bits per heavy atom. The molecule has 0 radical (unpaired) electrons. The number of nitrogens with zero attached hydrogens (tertiary/aromatic N) is 2. The fourth-order valence-electron chi connectivity index (χ4n) is 2.14. The Morgan fingerprint density at radius 1 is 1.55 bits per heavy atom. The van der Waals surface area contributed by atoms with Crippen LogP contribution in [0, 0.1) is 0 Å². The van der Waals surface area contributed by atoms with Crippen LogP contribution in [0.15, 0.2) is 23.2 Å². The van der Waals surface area contributed by atoms with E-state index in [2.05, 4.69) is 10.3 Å². The van der Waals surface area contributed by atoms with E-state index in [1.54, 1.807) is 37.1 Å². The van der Waals surface area contributed by atoms with E-state index in [1.165, 1.54) is 4.31 Å². The Balaban J connectivity index is 2.28. The molecule has 0 saturated carbocycles. The fourth-order valence-corrected chi connectivity index (χ4v) is 5.00. The maximum atomic E-state index is 12.7. The molecule has 7 heteroatoms. The minimum absolute atomic E-state index is 0.0873. The van der Waals surface area contributed by atoms with Crippen LogP contribution >= 0.6 is 11.8 Å². The molecule has 0 bridgehead atoms. The van der Waals surface area contributed by atoms with Crippen LogP contribution in [0.2, 0.25) is 0 Å². The molecule has 1 aliphatic rings. The number of rotatable bonds is 6. The Hall–Kier alpha value is -0.790. The summed E-state index contributed by atoms with van der Waals surface area (Å²) in [5.41, 5.74) is 0. The van der Waals surface area contributed by atoms with Gasteiger partial charge in [0.2, 0.25) is 10.0 Å². The van der Waals surface area contributed by atoms with Crippen molar-refractivity contribution in [3.05, 3.63) is 18.3 Å². The lowest BCUT2D eigenvalue weighted by Gasteiger charge is -2.24. The Labute approximate surface area is 125 Å². The van der Waals surface area contributed by atoms with Gasteiger partial charge in [-0.2, -0.15) is 16.1 Å². The molecule has 0 spiro atoms. The van der Waals surface area contributed by atoms with E-state index in [9.17, 15) is 8.42 Å². The van der Waals surface area contributed by atoms with Crippen molar-refractivity contribution in [1.29, 1.82) is 0 Å². The molecule has 5 nitrogen and oxygen atoms in total. The molecule has 0 aliphatic carbocycles. The summed E-state index contributed by atoms with van der Waals surface area (Å²) in [7, 11) is -1.82. The van der Waals surface area contributed by atoms with Gasteiger partial charge in [-0.05, 0) is 30.7 Å². The molecular formula is C13H21N3O2S2. The van der Waals surface area contributed by atoms with Crippen LogP contribution < -0.4 is 5.32 Å². The number of hydrogen-bond acceptors (Lipinski definition) is 5. The second kappa shape index (κ2) is 6.78. The van der Waals surface area contributed by atoms with Crippen molar-refractivity contribution in [2.45, 2.75) is 30.7 Å². The lowest BCUT2D eigenvalue weighted by Crippen LogP contribution is -2.37. The molecule has 1 unspecified atom stereocenters. The first-order chi connectivity index (χ1) is 9.57. The molecule has 1 aliphatic heterocycles. The van der Waals surface area contributed by atoms with E-state index < -0.39 is 10.0 Å². The molecule has 1 fully saturated rings. The standard InChI is InChI=1S/C13H21N3O2S2/c1-3-7-14-13-12(5-4-8-15-13)20(17,18)16(2)11-6-9-19-10-11/h4-5,8,11H,3,6-7,9-10H2,1-2H3,(H,14,15). The normalized spacial score (nSPS) is 19.4. The van der Waals surface area contributed by atoms with Gasteiger partial charge >= 0.3 is 0 Å². The van der Waals surface area contributed by atoms with Crippen LogP contribution in [0.1, 0.15) is 19.8 Å². The number of hydrogen-bond donors (Lipinski definition) is 1. The summed E-state index contributed by atoms with van der Waals surface area (Å²) in [6, 6.07) is 3.38. The predicted octanol–water partition coefficient (Wildman–Crippen LogP) is 2.03. The van der Waals surface area contributed by atoms with Crippen LogP contribution in [0.25, 0.3) is 0 Å². The molecule has 1 saturated heterocycles. The molecule has 1 atom stereocenters. The Kier molecular flexibility index (Phi) is 5.29. The average Bonchev–Trinajstić information content (AvgIpc) is 2.98. The molecule has 2 rings (SSSR count). The van der Waals surface area contributed by atoms with Gasteiger partial charge in [0, 0.05) is 31.6 Å². The van der Waals surface area contributed by atoms with Gasteiger partial charge in [-0.15, -0.1) is 0 Å². The van der Waals surface area contributed by atoms with Crippen molar-refractivity contribution >= 4 is 27.6 Å². The highest BCUT2D eigenvalue weighted by Gasteiger charge is 2.32. The second-order valence-corrected chi connectivity index (χ2v) is 7.93. The van der Waals surface area contributed by atoms with Gasteiger partial charge < -0.3 is 5.32 Å². The summed E-state index contributed by atoms with van der Waals surface area (Å²) in [5.74, 6) is 2.35. The molecule has 20 heavy (non-hydrogen) atoms. The van der Waals surface area contributed by atoms with Crippen molar-refractivity contribution in [3.63, 3.8) is 0 Å². The number of pyridine rings is 1. The van der Waals surface area contributed by atoms with Gasteiger partial charge in [0.15, 0.2) is 0 Å². The number of aromatic nitrogens is 1. The Morgan fingerprint density at radius 2 is 2.35 bits per heavy atom. The molecule has 0 amide bonds. The number of thioether (sulfide) groups is 1. The zero-order valence-corrected chi connectivity index (χ0v) is 13.5. The van der Waals surface area contributed by atoms with Gasteiger partial charge in [-0.25, -0.2) is 13.4 Å². The van der Waals surface area contributed by atoms with E-state index in [-0.39, 0.29) is 10.9 Å². The van der Waals surface area contributed by atoms with Gasteiger partial charge in [-0.3, -0.25) is 0 Å². The summed E-state index contributed by atoms with van der Waals surface area (Å²) < 4.78 is 27.0. The third kappa shape index (κ3) is 3.27. The van der Waals surface area contributed by atoms with Crippen molar-refractivity contribution in [2.24, 2.45) is 0 Å². The highest BCUT2D eigenvalue weighted by molar-refractivity contribution is 7.99. The summed E-state index contributed by atoms with van der Waals surface area (Å²) in [5, 5.41) is 3.09. The van der Waals surface area contributed by atoms with Crippen LogP contribution in [0.4, 0.5) is 5.82 Å². The van der Waals surface area contributed by atoms with Gasteiger partial charge in [0.1, 0.15) is 10.7 Å². The average molecular weight is 315 g/mol. The largest absolute Gasteiger partial charge is 0.369 e. The van der Waals surface area contributed by atoms with Crippen molar-refractivity contribution in [2.75, 3.05) is 30.4 Å². The van der Waals surface area contributed by atoms with Gasteiger partial charge in [-0.1, -0.05) is 6.92 Å². The summed E-state index contributed by atoms with van der Waals surface area (Å²) in [6.07, 6.45) is 3.45. The molecule has 1 N–H and O–H groups in total. The number of nitrogens with one attached hydrogen (secondary N) is 1. The van der Waals surface area contributed by atoms with Crippen LogP contribution in [0.5, 0.6) is 0 Å². The summed E-state index contributed by atoms with van der Waals surface area (Å²) in [6.45, 7) is 2.74. The lowest BCUT2D eigenvalue weighted by molar-refractivity contribution is 0.394. The fraction of sp³-hybridized carbons (Fsp3) is 0.615. The highest BCUT2D eigenvalue weighted by Crippen LogP contribution is 2.28. The van der Waals surface area contributed by atoms with Crippen molar-refractivity contribution in [1.82, 2.24) is 9.29 Å². The summed E-state index contributed by atoms with van der Waals surface area (Å²) in [4.78, 5) is 4.44. The van der Waals surface area contributed by atoms with E-state index in [1.807, 2.05) is 6.92 Å². The quantitative estimate of drug-likeness (QED) is 0.870. The molecular weight excluding hydrogens is 294 g/mol. The minimum atomic E-state index is -3.49. The molecule has 1 aromatic heterocycles. The van der Waals surface area contributed by atoms with E-state index >= 15 is 0 Å². The van der Waals surface area contributed by atoms with Crippen LogP contribution in [0.3, 0.4) is 0 Å². The smallest absolute Gasteiger partial charge is 0.246 e. The molecule has 1 aromatic rings. The predicted molar refractivity (Wildman–Crippen MR) is 83.7 cm³/mol. The maximum Gasteiger partial charge on any atom is 0.246 e. The number of sulfonamides is 1. The maximum absolute atomic E-state index is 12.7. The second-order valence-electron chi connectivity index (χ2n) is 4.82. The highest BCUT2D eigenvalue weighted by atomic mass is 32.2. The molecule has 112 valence electrons. The minimum Gasteiger partial charge on any atom is -0.369 e. The van der Waals surface area contributed by atoms with E-state index in [0.717, 1.165) is 24.3 Å². The van der Waals surface area contributed by atoms with E-state index in [0.29, 0.717) is 12.4 Å². The number of anilines is 1. The first-order valence-electron chi connectivity index (χ1n) is 6.82. The molecule has 2 heterocycles. The van der Waals surface area contributed by atoms with E-state index in [4.69, 9.17) is 0 Å². The van der Waals surface area contributed by atoms with Crippen molar-refractivity contribution in [3.8, 4) is 0 Å². The zero-order valence-electron chi connectivity index (χ0n) is 11.9. The van der Waals surface area contributed by atoms with Crippen LogP contribution in [-0.4, -0.2) is 48.8 Å².